The molecule has 2 nitrogen and oxygen atoms in total. The van der Waals surface area contributed by atoms with Crippen LogP contribution in [0.25, 0.3) is 0 Å². The van der Waals surface area contributed by atoms with Gasteiger partial charge >= 0.3 is 12.5 Å². The molecule has 33 heavy (non-hydrogen) atoms. The minimum Gasteiger partial charge on any atom is -0.429 e. The van der Waals surface area contributed by atoms with E-state index in [-0.39, 0.29) is 17.9 Å². The van der Waals surface area contributed by atoms with Crippen LogP contribution >= 0.6 is 0 Å². The second-order valence-electron chi connectivity index (χ2n) is 8.41. The number of rotatable bonds is 8. The third-order valence-corrected chi connectivity index (χ3v) is 6.11. The van der Waals surface area contributed by atoms with E-state index in [1.54, 1.807) is 12.1 Å². The van der Waals surface area contributed by atoms with Gasteiger partial charge in [0.2, 0.25) is 5.75 Å². The highest BCUT2D eigenvalue weighted by atomic mass is 19.4. The zero-order chi connectivity index (χ0) is 24.2. The Labute approximate surface area is 187 Å². The molecule has 1 saturated carbocycles. The summed E-state index contributed by atoms with van der Waals surface area (Å²) in [6, 6.07) is 6.03. The number of ether oxygens (including phenoxy) is 2. The highest BCUT2D eigenvalue weighted by molar-refractivity contribution is 5.34. The topological polar surface area (TPSA) is 18.5 Å². The summed E-state index contributed by atoms with van der Waals surface area (Å²) in [5.74, 6) is -4.43. The molecule has 2 aromatic rings. The average molecular weight is 478 g/mol. The van der Waals surface area contributed by atoms with Crippen LogP contribution in [0.5, 0.6) is 11.5 Å². The molecule has 1 aliphatic rings. The first-order valence-electron chi connectivity index (χ1n) is 10.9. The molecule has 0 amide bonds. The first-order chi connectivity index (χ1) is 15.5. The summed E-state index contributed by atoms with van der Waals surface area (Å²) in [4.78, 5) is 0. The third kappa shape index (κ3) is 7.01. The SMILES string of the molecule is CCC1CCC(CCc2ccc(OC(F)(F)c3cc(F)c(OC(F)(F)F)c(F)c3)cc2)CC1. The van der Waals surface area contributed by atoms with E-state index in [1.165, 1.54) is 44.2 Å². The van der Waals surface area contributed by atoms with E-state index < -0.39 is 35.4 Å². The summed E-state index contributed by atoms with van der Waals surface area (Å²) in [7, 11) is 0. The minimum absolute atomic E-state index is 0.0474. The predicted molar refractivity (Wildman–Crippen MR) is 108 cm³/mol. The van der Waals surface area contributed by atoms with Crippen LogP contribution in [0.15, 0.2) is 36.4 Å². The van der Waals surface area contributed by atoms with Gasteiger partial charge in [0.25, 0.3) is 0 Å². The van der Waals surface area contributed by atoms with E-state index >= 15 is 0 Å². The van der Waals surface area contributed by atoms with Gasteiger partial charge in [-0.2, -0.15) is 8.78 Å². The molecule has 1 aliphatic carbocycles. The molecule has 1 fully saturated rings. The van der Waals surface area contributed by atoms with Crippen LogP contribution in [0, 0.1) is 23.5 Å². The molecule has 0 aromatic heterocycles. The lowest BCUT2D eigenvalue weighted by atomic mass is 9.78. The average Bonchev–Trinajstić information content (AvgIpc) is 2.75. The fourth-order valence-corrected chi connectivity index (χ4v) is 4.17. The molecule has 0 atom stereocenters. The molecule has 0 unspecified atom stereocenters. The van der Waals surface area contributed by atoms with Crippen LogP contribution in [-0.4, -0.2) is 6.36 Å². The van der Waals surface area contributed by atoms with Gasteiger partial charge in [-0.25, -0.2) is 8.78 Å². The number of aryl methyl sites for hydroxylation is 1. The van der Waals surface area contributed by atoms with Gasteiger partial charge in [-0.3, -0.25) is 0 Å². The Morgan fingerprint density at radius 3 is 1.88 bits per heavy atom. The summed E-state index contributed by atoms with van der Waals surface area (Å²) >= 11 is 0. The quantitative estimate of drug-likeness (QED) is 0.357. The maximum Gasteiger partial charge on any atom is 0.573 e. The van der Waals surface area contributed by atoms with Crippen LogP contribution in [0.1, 0.15) is 56.6 Å². The summed E-state index contributed by atoms with van der Waals surface area (Å²) in [5.41, 5.74) is -0.326. The first kappa shape index (κ1) is 25.2. The second kappa shape index (κ2) is 10.2. The van der Waals surface area contributed by atoms with Crippen molar-refractivity contribution in [2.75, 3.05) is 0 Å². The number of hydrogen-bond donors (Lipinski definition) is 0. The van der Waals surface area contributed by atoms with Gasteiger partial charge in [0, 0.05) is 0 Å². The van der Waals surface area contributed by atoms with Crippen LogP contribution in [-0.2, 0) is 12.5 Å². The monoisotopic (exact) mass is 478 g/mol. The van der Waals surface area contributed by atoms with E-state index in [2.05, 4.69) is 16.4 Å². The highest BCUT2D eigenvalue weighted by Gasteiger charge is 2.39. The molecule has 182 valence electrons. The minimum atomic E-state index is -5.38. The Morgan fingerprint density at radius 2 is 1.36 bits per heavy atom. The van der Waals surface area contributed by atoms with Gasteiger partial charge in [-0.05, 0) is 54.5 Å². The Balaban J connectivity index is 1.61. The van der Waals surface area contributed by atoms with Crippen LogP contribution < -0.4 is 9.47 Å². The van der Waals surface area contributed by atoms with Gasteiger partial charge in [-0.1, -0.05) is 51.2 Å². The van der Waals surface area contributed by atoms with E-state index in [4.69, 9.17) is 0 Å². The van der Waals surface area contributed by atoms with Crippen molar-refractivity contribution >= 4 is 0 Å². The smallest absolute Gasteiger partial charge is 0.429 e. The fraction of sp³-hybridized carbons (Fsp3) is 0.500. The van der Waals surface area contributed by atoms with Gasteiger partial charge in [0.15, 0.2) is 11.6 Å². The molecule has 0 radical (unpaired) electrons. The maximum absolute atomic E-state index is 14.4. The number of hydrogen-bond acceptors (Lipinski definition) is 2. The normalized spacial score (nSPS) is 19.4. The lowest BCUT2D eigenvalue weighted by molar-refractivity contribution is -0.276. The van der Waals surface area contributed by atoms with Gasteiger partial charge < -0.3 is 9.47 Å². The Hall–Kier alpha value is -2.45. The van der Waals surface area contributed by atoms with E-state index in [0.29, 0.717) is 5.92 Å². The van der Waals surface area contributed by atoms with E-state index in [9.17, 15) is 30.7 Å². The summed E-state index contributed by atoms with van der Waals surface area (Å²) in [6.45, 7) is 2.21. The zero-order valence-electron chi connectivity index (χ0n) is 18.0. The molecule has 0 saturated heterocycles. The summed E-state index contributed by atoms with van der Waals surface area (Å²) in [6.07, 6.45) is -1.65. The maximum atomic E-state index is 14.4. The van der Waals surface area contributed by atoms with Crippen molar-refractivity contribution in [3.05, 3.63) is 59.2 Å². The van der Waals surface area contributed by atoms with Gasteiger partial charge in [0.05, 0.1) is 5.56 Å². The molecule has 9 heteroatoms. The lowest BCUT2D eigenvalue weighted by Gasteiger charge is -2.27. The molecule has 0 heterocycles. The Bertz CT molecular complexity index is 894. The molecular weight excluding hydrogens is 453 g/mol. The van der Waals surface area contributed by atoms with Crippen LogP contribution in [0.3, 0.4) is 0 Å². The number of alkyl halides is 5. The van der Waals surface area contributed by atoms with Crippen molar-refractivity contribution in [2.45, 2.75) is 64.3 Å². The second-order valence-corrected chi connectivity index (χ2v) is 8.41. The summed E-state index contributed by atoms with van der Waals surface area (Å²) in [5, 5.41) is 0. The molecule has 0 spiro atoms. The molecule has 2 aromatic carbocycles. The van der Waals surface area contributed by atoms with Crippen molar-refractivity contribution in [3.63, 3.8) is 0 Å². The number of benzene rings is 2. The van der Waals surface area contributed by atoms with Gasteiger partial charge in [-0.15, -0.1) is 13.2 Å². The molecule has 0 bridgehead atoms. The summed E-state index contributed by atoms with van der Waals surface area (Å²) < 4.78 is 101. The molecule has 0 aliphatic heterocycles. The Kier molecular flexibility index (Phi) is 7.80. The predicted octanol–water partition coefficient (Wildman–Crippen LogP) is 8.14. The van der Waals surface area contributed by atoms with E-state index in [1.807, 2.05) is 0 Å². The standard InChI is InChI=1S/C24H25F7O2/c1-2-15-3-5-16(6-4-15)7-8-17-9-11-19(12-10-17)32-23(27,28)18-13-20(25)22(21(26)14-18)33-24(29,30)31/h9-16H,2-8H2,1H3. The van der Waals surface area contributed by atoms with Crippen molar-refractivity contribution in [3.8, 4) is 11.5 Å². The van der Waals surface area contributed by atoms with Crippen molar-refractivity contribution < 1.29 is 40.2 Å². The van der Waals surface area contributed by atoms with Crippen LogP contribution in [0.4, 0.5) is 30.7 Å². The largest absolute Gasteiger partial charge is 0.573 e. The van der Waals surface area contributed by atoms with Gasteiger partial charge in [0.1, 0.15) is 5.75 Å². The van der Waals surface area contributed by atoms with Crippen molar-refractivity contribution in [1.82, 2.24) is 0 Å². The highest BCUT2D eigenvalue weighted by Crippen LogP contribution is 2.37. The fourth-order valence-electron chi connectivity index (χ4n) is 4.17. The lowest BCUT2D eigenvalue weighted by Crippen LogP contribution is -2.23. The molecule has 0 N–H and O–H groups in total. The molecule has 3 rings (SSSR count). The Morgan fingerprint density at radius 1 is 0.818 bits per heavy atom. The first-order valence-corrected chi connectivity index (χ1v) is 10.9. The van der Waals surface area contributed by atoms with E-state index in [0.717, 1.165) is 24.3 Å². The van der Waals surface area contributed by atoms with Crippen molar-refractivity contribution in [1.29, 1.82) is 0 Å². The number of halogens is 7. The zero-order valence-corrected chi connectivity index (χ0v) is 18.0. The van der Waals surface area contributed by atoms with Crippen LogP contribution in [0.2, 0.25) is 0 Å². The van der Waals surface area contributed by atoms with Crippen molar-refractivity contribution in [2.24, 2.45) is 11.8 Å². The third-order valence-electron chi connectivity index (χ3n) is 6.11. The molecular formula is C24H25F7O2.